The Hall–Kier alpha value is -2.22. The van der Waals surface area contributed by atoms with Gasteiger partial charge in [-0.25, -0.2) is 17.6 Å². The van der Waals surface area contributed by atoms with Gasteiger partial charge in [0.25, 0.3) is 5.91 Å². The van der Waals surface area contributed by atoms with Crippen LogP contribution in [0.3, 0.4) is 0 Å². The van der Waals surface area contributed by atoms with E-state index >= 15 is 0 Å². The topological polar surface area (TPSA) is 80.8 Å². The van der Waals surface area contributed by atoms with E-state index in [0.717, 1.165) is 31.8 Å². The van der Waals surface area contributed by atoms with Gasteiger partial charge in [-0.3, -0.25) is 4.79 Å². The minimum Gasteiger partial charge on any atom is -0.452 e. The van der Waals surface area contributed by atoms with E-state index in [-0.39, 0.29) is 29.5 Å². The number of hydrogen-bond acceptors (Lipinski definition) is 5. The Kier molecular flexibility index (Phi) is 6.49. The van der Waals surface area contributed by atoms with Crippen LogP contribution in [0.4, 0.5) is 4.39 Å². The number of carbonyl (C=O) groups excluding carboxylic acids is 2. The highest BCUT2D eigenvalue weighted by atomic mass is 32.2. The summed E-state index contributed by atoms with van der Waals surface area (Å²) in [6.07, 6.45) is 6.67. The minimum atomic E-state index is -3.12. The van der Waals surface area contributed by atoms with Crippen LogP contribution >= 0.6 is 0 Å². The average Bonchev–Trinajstić information content (AvgIpc) is 3.28. The van der Waals surface area contributed by atoms with Gasteiger partial charge < -0.3 is 9.64 Å². The molecular weight excluding hydrogens is 385 g/mol. The van der Waals surface area contributed by atoms with Crippen molar-refractivity contribution in [1.82, 2.24) is 4.90 Å². The number of ether oxygens (including phenoxy) is 1. The zero-order chi connectivity index (χ0) is 20.1. The molecule has 0 N–H and O–H groups in total. The SMILES string of the molecule is O=C(/C=C/c1cccc(F)c1)OCC(=O)N(C1CCCC1)C1CCS(=O)(=O)C1. The first kappa shape index (κ1) is 20.5. The molecule has 1 aliphatic carbocycles. The zero-order valence-corrected chi connectivity index (χ0v) is 16.4. The van der Waals surface area contributed by atoms with Gasteiger partial charge in [-0.1, -0.05) is 25.0 Å². The maximum Gasteiger partial charge on any atom is 0.331 e. The third-order valence-corrected chi connectivity index (χ3v) is 6.96. The molecule has 6 nitrogen and oxygen atoms in total. The molecule has 1 aromatic carbocycles. The maximum atomic E-state index is 13.1. The second-order valence-corrected chi connectivity index (χ2v) is 9.52. The summed E-state index contributed by atoms with van der Waals surface area (Å²) in [5.41, 5.74) is 0.507. The van der Waals surface area contributed by atoms with E-state index in [4.69, 9.17) is 4.74 Å². The van der Waals surface area contributed by atoms with E-state index in [9.17, 15) is 22.4 Å². The van der Waals surface area contributed by atoms with Crippen LogP contribution in [0.25, 0.3) is 6.08 Å². The standard InChI is InChI=1S/C20H24FNO5S/c21-16-5-3-4-15(12-16)8-9-20(24)27-13-19(23)22(17-6-1-2-7-17)18-10-11-28(25,26)14-18/h3-5,8-9,12,17-18H,1-2,6-7,10-11,13-14H2/b9-8+. The Bertz CT molecular complexity index is 861. The predicted molar refractivity (Wildman–Crippen MR) is 103 cm³/mol. The summed E-state index contributed by atoms with van der Waals surface area (Å²) in [5, 5.41) is 0. The van der Waals surface area contributed by atoms with Crippen molar-refractivity contribution in [3.63, 3.8) is 0 Å². The third kappa shape index (κ3) is 5.41. The lowest BCUT2D eigenvalue weighted by Gasteiger charge is -2.33. The molecule has 1 saturated carbocycles. The van der Waals surface area contributed by atoms with Crippen LogP contribution in [-0.2, 0) is 24.2 Å². The van der Waals surface area contributed by atoms with Gasteiger partial charge in [0.1, 0.15) is 5.82 Å². The van der Waals surface area contributed by atoms with Crippen molar-refractivity contribution >= 4 is 27.8 Å². The van der Waals surface area contributed by atoms with E-state index in [1.54, 1.807) is 11.0 Å². The van der Waals surface area contributed by atoms with Crippen molar-refractivity contribution in [2.45, 2.75) is 44.2 Å². The van der Waals surface area contributed by atoms with Gasteiger partial charge >= 0.3 is 5.97 Å². The Morgan fingerprint density at radius 2 is 1.93 bits per heavy atom. The summed E-state index contributed by atoms with van der Waals surface area (Å²) in [6.45, 7) is -0.431. The van der Waals surface area contributed by atoms with Crippen molar-refractivity contribution < 1.29 is 27.1 Å². The highest BCUT2D eigenvalue weighted by molar-refractivity contribution is 7.91. The molecule has 1 saturated heterocycles. The molecule has 1 heterocycles. The first-order valence-electron chi connectivity index (χ1n) is 9.46. The maximum absolute atomic E-state index is 13.1. The van der Waals surface area contributed by atoms with Gasteiger partial charge in [-0.2, -0.15) is 0 Å². The number of esters is 1. The second-order valence-electron chi connectivity index (χ2n) is 7.29. The molecule has 2 fully saturated rings. The molecule has 1 aromatic rings. The summed E-state index contributed by atoms with van der Waals surface area (Å²) in [5.74, 6) is -1.42. The van der Waals surface area contributed by atoms with Gasteiger partial charge in [0, 0.05) is 18.2 Å². The van der Waals surface area contributed by atoms with E-state index < -0.39 is 28.2 Å². The Labute approximate surface area is 164 Å². The number of rotatable bonds is 6. The van der Waals surface area contributed by atoms with Crippen LogP contribution in [-0.4, -0.2) is 55.4 Å². The lowest BCUT2D eigenvalue weighted by molar-refractivity contribution is -0.150. The number of hydrogen-bond donors (Lipinski definition) is 0. The monoisotopic (exact) mass is 409 g/mol. The van der Waals surface area contributed by atoms with Gasteiger partial charge in [-0.15, -0.1) is 0 Å². The summed E-state index contributed by atoms with van der Waals surface area (Å²) < 4.78 is 41.9. The summed E-state index contributed by atoms with van der Waals surface area (Å²) in [7, 11) is -3.12. The van der Waals surface area contributed by atoms with Crippen molar-refractivity contribution in [1.29, 1.82) is 0 Å². The fraction of sp³-hybridized carbons (Fsp3) is 0.500. The van der Waals surface area contributed by atoms with Crippen LogP contribution in [0.2, 0.25) is 0 Å². The molecule has 1 amide bonds. The fourth-order valence-electron chi connectivity index (χ4n) is 3.91. The van der Waals surface area contributed by atoms with Crippen LogP contribution in [0, 0.1) is 5.82 Å². The van der Waals surface area contributed by atoms with Gasteiger partial charge in [-0.05, 0) is 43.0 Å². The first-order chi connectivity index (χ1) is 13.3. The lowest BCUT2D eigenvalue weighted by atomic mass is 10.1. The molecule has 0 spiro atoms. The molecule has 2 aliphatic rings. The highest BCUT2D eigenvalue weighted by Gasteiger charge is 2.39. The normalized spacial score (nSPS) is 21.8. The van der Waals surface area contributed by atoms with E-state index in [0.29, 0.717) is 12.0 Å². The first-order valence-corrected chi connectivity index (χ1v) is 11.3. The van der Waals surface area contributed by atoms with Crippen LogP contribution < -0.4 is 0 Å². The molecule has 1 aliphatic heterocycles. The Morgan fingerprint density at radius 3 is 2.57 bits per heavy atom. The minimum absolute atomic E-state index is 0.00679. The summed E-state index contributed by atoms with van der Waals surface area (Å²) in [4.78, 5) is 26.3. The number of sulfone groups is 1. The summed E-state index contributed by atoms with van der Waals surface area (Å²) >= 11 is 0. The highest BCUT2D eigenvalue weighted by Crippen LogP contribution is 2.29. The van der Waals surface area contributed by atoms with Gasteiger partial charge in [0.15, 0.2) is 16.4 Å². The van der Waals surface area contributed by atoms with E-state index in [1.165, 1.54) is 24.3 Å². The number of benzene rings is 1. The predicted octanol–water partition coefficient (Wildman–Crippen LogP) is 2.34. The Morgan fingerprint density at radius 1 is 1.18 bits per heavy atom. The molecular formula is C20H24FNO5S. The molecule has 28 heavy (non-hydrogen) atoms. The smallest absolute Gasteiger partial charge is 0.331 e. The Balaban J connectivity index is 1.59. The molecule has 1 atom stereocenters. The number of amides is 1. The van der Waals surface area contributed by atoms with Crippen molar-refractivity contribution in [2.24, 2.45) is 0 Å². The number of halogens is 1. The molecule has 1 unspecified atom stereocenters. The fourth-order valence-corrected chi connectivity index (χ4v) is 5.62. The number of nitrogens with zero attached hydrogens (tertiary/aromatic N) is 1. The van der Waals surface area contributed by atoms with Crippen LogP contribution in [0.5, 0.6) is 0 Å². The number of carbonyl (C=O) groups is 2. The van der Waals surface area contributed by atoms with E-state index in [1.807, 2.05) is 0 Å². The average molecular weight is 409 g/mol. The molecule has 8 heteroatoms. The van der Waals surface area contributed by atoms with E-state index in [2.05, 4.69) is 0 Å². The molecule has 152 valence electrons. The van der Waals surface area contributed by atoms with Crippen molar-refractivity contribution in [3.8, 4) is 0 Å². The molecule has 0 radical (unpaired) electrons. The van der Waals surface area contributed by atoms with Crippen LogP contribution in [0.1, 0.15) is 37.7 Å². The quantitative estimate of drug-likeness (QED) is 0.532. The van der Waals surface area contributed by atoms with Crippen molar-refractivity contribution in [3.05, 3.63) is 41.7 Å². The third-order valence-electron chi connectivity index (χ3n) is 5.21. The molecule has 3 rings (SSSR count). The van der Waals surface area contributed by atoms with Crippen molar-refractivity contribution in [2.75, 3.05) is 18.1 Å². The lowest BCUT2D eigenvalue weighted by Crippen LogP contribution is -2.48. The second kappa shape index (κ2) is 8.86. The van der Waals surface area contributed by atoms with Gasteiger partial charge in [0.2, 0.25) is 0 Å². The largest absolute Gasteiger partial charge is 0.452 e. The van der Waals surface area contributed by atoms with Crippen LogP contribution in [0.15, 0.2) is 30.3 Å². The zero-order valence-electron chi connectivity index (χ0n) is 15.6. The molecule has 0 aromatic heterocycles. The van der Waals surface area contributed by atoms with Gasteiger partial charge in [0.05, 0.1) is 11.5 Å². The molecule has 0 bridgehead atoms. The summed E-state index contributed by atoms with van der Waals surface area (Å²) in [6, 6.07) is 5.40.